The highest BCUT2D eigenvalue weighted by Gasteiger charge is 2.07. The molecule has 0 fully saturated rings. The van der Waals surface area contributed by atoms with E-state index in [9.17, 15) is 10.2 Å². The Bertz CT molecular complexity index is 292. The third-order valence-electron chi connectivity index (χ3n) is 2.16. The predicted molar refractivity (Wildman–Crippen MR) is 53.1 cm³/mol. The van der Waals surface area contributed by atoms with Crippen LogP contribution in [0.1, 0.15) is 31.4 Å². The number of rotatable bonds is 3. The van der Waals surface area contributed by atoms with Gasteiger partial charge in [-0.3, -0.25) is 0 Å². The standard InChI is InChI=1S/C11H16O2/c1-3-5-9-6-8(4-2)7-10(12)11(9)13/h6-7,12-13H,3-5H2,1-2H3. The first-order valence-corrected chi connectivity index (χ1v) is 4.72. The molecular weight excluding hydrogens is 164 g/mol. The molecule has 1 rings (SSSR count). The minimum absolute atomic E-state index is 0.00259. The fourth-order valence-electron chi connectivity index (χ4n) is 1.41. The van der Waals surface area contributed by atoms with Gasteiger partial charge in [-0.15, -0.1) is 0 Å². The van der Waals surface area contributed by atoms with Crippen molar-refractivity contribution in [1.82, 2.24) is 0 Å². The van der Waals surface area contributed by atoms with Gasteiger partial charge in [0.05, 0.1) is 0 Å². The summed E-state index contributed by atoms with van der Waals surface area (Å²) in [5.74, 6) is 0.0434. The zero-order valence-corrected chi connectivity index (χ0v) is 8.17. The van der Waals surface area contributed by atoms with Crippen molar-refractivity contribution in [3.63, 3.8) is 0 Å². The molecule has 72 valence electrons. The molecule has 0 aliphatic carbocycles. The van der Waals surface area contributed by atoms with Gasteiger partial charge in [-0.2, -0.15) is 0 Å². The molecule has 2 heteroatoms. The first kappa shape index (κ1) is 9.90. The van der Waals surface area contributed by atoms with Gasteiger partial charge >= 0.3 is 0 Å². The summed E-state index contributed by atoms with van der Waals surface area (Å²) in [6.45, 7) is 4.08. The van der Waals surface area contributed by atoms with Crippen LogP contribution in [0.2, 0.25) is 0 Å². The quantitative estimate of drug-likeness (QED) is 0.702. The lowest BCUT2D eigenvalue weighted by atomic mass is 10.0. The Morgan fingerprint density at radius 1 is 1.15 bits per heavy atom. The molecule has 1 aromatic carbocycles. The van der Waals surface area contributed by atoms with Gasteiger partial charge < -0.3 is 10.2 Å². The second-order valence-electron chi connectivity index (χ2n) is 3.23. The van der Waals surface area contributed by atoms with E-state index in [-0.39, 0.29) is 11.5 Å². The highest BCUT2D eigenvalue weighted by atomic mass is 16.3. The topological polar surface area (TPSA) is 40.5 Å². The van der Waals surface area contributed by atoms with Gasteiger partial charge in [0.2, 0.25) is 0 Å². The molecular formula is C11H16O2. The molecule has 2 nitrogen and oxygen atoms in total. The summed E-state index contributed by atoms with van der Waals surface area (Å²) in [5.41, 5.74) is 1.91. The van der Waals surface area contributed by atoms with E-state index in [1.807, 2.05) is 13.0 Å². The van der Waals surface area contributed by atoms with Crippen LogP contribution in [0.15, 0.2) is 12.1 Å². The predicted octanol–water partition coefficient (Wildman–Crippen LogP) is 2.61. The molecule has 0 heterocycles. The van der Waals surface area contributed by atoms with Crippen molar-refractivity contribution in [1.29, 1.82) is 0 Å². The summed E-state index contributed by atoms with van der Waals surface area (Å²) < 4.78 is 0. The second-order valence-corrected chi connectivity index (χ2v) is 3.23. The molecule has 0 atom stereocenters. The molecule has 0 saturated heterocycles. The van der Waals surface area contributed by atoms with Gasteiger partial charge in [0.15, 0.2) is 11.5 Å². The fraction of sp³-hybridized carbons (Fsp3) is 0.455. The molecule has 0 saturated carbocycles. The van der Waals surface area contributed by atoms with Crippen LogP contribution >= 0.6 is 0 Å². The minimum atomic E-state index is 0.00259. The maximum Gasteiger partial charge on any atom is 0.160 e. The minimum Gasteiger partial charge on any atom is -0.504 e. The maximum absolute atomic E-state index is 9.50. The molecule has 0 radical (unpaired) electrons. The van der Waals surface area contributed by atoms with Gasteiger partial charge in [0, 0.05) is 0 Å². The smallest absolute Gasteiger partial charge is 0.160 e. The van der Waals surface area contributed by atoms with Crippen LogP contribution in [-0.2, 0) is 12.8 Å². The third kappa shape index (κ3) is 2.14. The number of benzene rings is 1. The normalized spacial score (nSPS) is 10.3. The molecule has 0 bridgehead atoms. The summed E-state index contributed by atoms with van der Waals surface area (Å²) in [6.07, 6.45) is 2.66. The SMILES string of the molecule is CCCc1cc(CC)cc(O)c1O. The zero-order chi connectivity index (χ0) is 9.84. The van der Waals surface area contributed by atoms with Crippen molar-refractivity contribution in [3.8, 4) is 11.5 Å². The molecule has 0 aromatic heterocycles. The Morgan fingerprint density at radius 2 is 1.85 bits per heavy atom. The van der Waals surface area contributed by atoms with Crippen LogP contribution in [0.25, 0.3) is 0 Å². The van der Waals surface area contributed by atoms with Crippen molar-refractivity contribution >= 4 is 0 Å². The lowest BCUT2D eigenvalue weighted by molar-refractivity contribution is 0.398. The lowest BCUT2D eigenvalue weighted by Gasteiger charge is -2.07. The Kier molecular flexibility index (Phi) is 3.18. The largest absolute Gasteiger partial charge is 0.504 e. The van der Waals surface area contributed by atoms with Gasteiger partial charge in [-0.25, -0.2) is 0 Å². The lowest BCUT2D eigenvalue weighted by Crippen LogP contribution is -1.88. The monoisotopic (exact) mass is 180 g/mol. The molecule has 1 aromatic rings. The van der Waals surface area contributed by atoms with E-state index in [1.165, 1.54) is 0 Å². The van der Waals surface area contributed by atoms with Gasteiger partial charge in [-0.1, -0.05) is 26.3 Å². The molecule has 0 amide bonds. The molecule has 13 heavy (non-hydrogen) atoms. The molecule has 0 aliphatic heterocycles. The van der Waals surface area contributed by atoms with Crippen molar-refractivity contribution in [3.05, 3.63) is 23.3 Å². The van der Waals surface area contributed by atoms with E-state index in [2.05, 4.69) is 6.92 Å². The van der Waals surface area contributed by atoms with E-state index in [0.29, 0.717) is 0 Å². The van der Waals surface area contributed by atoms with Crippen LogP contribution in [-0.4, -0.2) is 10.2 Å². The van der Waals surface area contributed by atoms with Crippen molar-refractivity contribution < 1.29 is 10.2 Å². The zero-order valence-electron chi connectivity index (χ0n) is 8.17. The van der Waals surface area contributed by atoms with Crippen molar-refractivity contribution in [2.75, 3.05) is 0 Å². The van der Waals surface area contributed by atoms with Crippen LogP contribution in [0.4, 0.5) is 0 Å². The Hall–Kier alpha value is -1.18. The summed E-state index contributed by atoms with van der Waals surface area (Å²) >= 11 is 0. The third-order valence-corrected chi connectivity index (χ3v) is 2.16. The fourth-order valence-corrected chi connectivity index (χ4v) is 1.41. The Labute approximate surface area is 78.8 Å². The van der Waals surface area contributed by atoms with Crippen LogP contribution in [0, 0.1) is 0 Å². The highest BCUT2D eigenvalue weighted by molar-refractivity contribution is 5.47. The number of aromatic hydroxyl groups is 2. The Balaban J connectivity index is 3.09. The van der Waals surface area contributed by atoms with Crippen LogP contribution in [0.3, 0.4) is 0 Å². The number of phenols is 2. The van der Waals surface area contributed by atoms with Crippen molar-refractivity contribution in [2.45, 2.75) is 33.1 Å². The van der Waals surface area contributed by atoms with E-state index in [1.54, 1.807) is 6.07 Å². The van der Waals surface area contributed by atoms with Gasteiger partial charge in [0.25, 0.3) is 0 Å². The average Bonchev–Trinajstić information content (AvgIpc) is 2.13. The molecule has 0 spiro atoms. The van der Waals surface area contributed by atoms with Gasteiger partial charge in [0.1, 0.15) is 0 Å². The van der Waals surface area contributed by atoms with E-state index < -0.39 is 0 Å². The first-order valence-electron chi connectivity index (χ1n) is 4.72. The molecule has 0 unspecified atom stereocenters. The van der Waals surface area contributed by atoms with Gasteiger partial charge in [-0.05, 0) is 30.0 Å². The van der Waals surface area contributed by atoms with Crippen molar-refractivity contribution in [2.24, 2.45) is 0 Å². The van der Waals surface area contributed by atoms with Crippen LogP contribution < -0.4 is 0 Å². The summed E-state index contributed by atoms with van der Waals surface area (Å²) in [5, 5.41) is 18.9. The van der Waals surface area contributed by atoms with Crippen LogP contribution in [0.5, 0.6) is 11.5 Å². The Morgan fingerprint density at radius 3 is 2.38 bits per heavy atom. The van der Waals surface area contributed by atoms with E-state index in [4.69, 9.17) is 0 Å². The number of hydrogen-bond acceptors (Lipinski definition) is 2. The average molecular weight is 180 g/mol. The van der Waals surface area contributed by atoms with E-state index >= 15 is 0 Å². The first-order chi connectivity index (χ1) is 6.19. The number of hydrogen-bond donors (Lipinski definition) is 2. The summed E-state index contributed by atoms with van der Waals surface area (Å²) in [4.78, 5) is 0. The highest BCUT2D eigenvalue weighted by Crippen LogP contribution is 2.31. The van der Waals surface area contributed by atoms with E-state index in [0.717, 1.165) is 30.4 Å². The summed E-state index contributed by atoms with van der Waals surface area (Å²) in [6, 6.07) is 3.58. The maximum atomic E-state index is 9.50. The molecule has 0 aliphatic rings. The summed E-state index contributed by atoms with van der Waals surface area (Å²) in [7, 11) is 0. The molecule has 2 N–H and O–H groups in total. The second kappa shape index (κ2) is 4.17. The number of aryl methyl sites for hydroxylation is 2. The number of phenolic OH excluding ortho intramolecular Hbond substituents is 2.